The van der Waals surface area contributed by atoms with Crippen molar-refractivity contribution in [1.82, 2.24) is 0 Å². The molecule has 0 radical (unpaired) electrons. The molecule has 1 rings (SSSR count). The normalized spacial score (nSPS) is 19.7. The van der Waals surface area contributed by atoms with Crippen LogP contribution in [-0.4, -0.2) is 15.6 Å². The number of hydrogen-bond donors (Lipinski definition) is 0. The molecule has 1 heterocycles. The Morgan fingerprint density at radius 2 is 1.32 bits per heavy atom. The summed E-state index contributed by atoms with van der Waals surface area (Å²) in [6.45, 7) is 3.37. The molecule has 1 fully saturated rings. The highest BCUT2D eigenvalue weighted by molar-refractivity contribution is 6.51. The maximum atomic E-state index is 5.91. The lowest BCUT2D eigenvalue weighted by Crippen LogP contribution is -2.22. The monoisotopic (exact) mass is 284 g/mol. The Labute approximate surface area is 123 Å². The molecule has 1 saturated heterocycles. The topological polar surface area (TPSA) is 9.23 Å². The molecule has 2 heteroatoms. The van der Waals surface area contributed by atoms with Crippen LogP contribution in [0.5, 0.6) is 0 Å². The van der Waals surface area contributed by atoms with Gasteiger partial charge >= 0.3 is 0 Å². The Morgan fingerprint density at radius 1 is 0.737 bits per heavy atom. The summed E-state index contributed by atoms with van der Waals surface area (Å²) in [6.07, 6.45) is 18.8. The molecular weight excluding hydrogens is 248 g/mol. The second-order valence-corrected chi connectivity index (χ2v) is 9.04. The number of rotatable bonds is 12. The first kappa shape index (κ1) is 17.2. The van der Waals surface area contributed by atoms with Crippen molar-refractivity contribution in [2.45, 2.75) is 102 Å². The van der Waals surface area contributed by atoms with E-state index in [4.69, 9.17) is 4.43 Å². The van der Waals surface area contributed by atoms with Gasteiger partial charge in [-0.05, 0) is 18.5 Å². The van der Waals surface area contributed by atoms with E-state index >= 15 is 0 Å². The van der Waals surface area contributed by atoms with Gasteiger partial charge in [0.2, 0.25) is 0 Å². The van der Waals surface area contributed by atoms with Crippen LogP contribution in [0.25, 0.3) is 0 Å². The van der Waals surface area contributed by atoms with Crippen molar-refractivity contribution in [3.63, 3.8) is 0 Å². The quantitative estimate of drug-likeness (QED) is 0.323. The third-order valence-corrected chi connectivity index (χ3v) is 7.22. The van der Waals surface area contributed by atoms with Crippen LogP contribution >= 0.6 is 0 Å². The zero-order valence-electron chi connectivity index (χ0n) is 13.3. The molecule has 0 aliphatic carbocycles. The van der Waals surface area contributed by atoms with Gasteiger partial charge < -0.3 is 4.43 Å². The zero-order chi connectivity index (χ0) is 13.6. The Hall–Kier alpha value is 0.177. The second kappa shape index (κ2) is 13.2. The van der Waals surface area contributed by atoms with Gasteiger partial charge in [-0.15, -0.1) is 0 Å². The Balaban J connectivity index is 1.71. The maximum Gasteiger partial charge on any atom is 0.176 e. The largest absolute Gasteiger partial charge is 0.420 e. The molecule has 0 aromatic heterocycles. The van der Waals surface area contributed by atoms with Gasteiger partial charge in [0.15, 0.2) is 9.04 Å². The van der Waals surface area contributed by atoms with Crippen LogP contribution in [0.1, 0.15) is 90.4 Å². The van der Waals surface area contributed by atoms with Gasteiger partial charge in [0.05, 0.1) is 0 Å². The molecule has 0 N–H and O–H groups in total. The minimum atomic E-state index is -0.708. The summed E-state index contributed by atoms with van der Waals surface area (Å²) in [5.41, 5.74) is 0. The van der Waals surface area contributed by atoms with Gasteiger partial charge in [0.25, 0.3) is 0 Å². The van der Waals surface area contributed by atoms with Gasteiger partial charge in [-0.25, -0.2) is 0 Å². The molecule has 1 atom stereocenters. The van der Waals surface area contributed by atoms with Gasteiger partial charge in [0.1, 0.15) is 0 Å². The molecule has 19 heavy (non-hydrogen) atoms. The maximum absolute atomic E-state index is 5.91. The highest BCUT2D eigenvalue weighted by atomic mass is 28.3. The summed E-state index contributed by atoms with van der Waals surface area (Å²) in [7, 11) is -0.708. The van der Waals surface area contributed by atoms with E-state index in [1.165, 1.54) is 95.6 Å². The summed E-state index contributed by atoms with van der Waals surface area (Å²) in [5, 5.41) is 0. The predicted octanol–water partition coefficient (Wildman–Crippen LogP) is 5.83. The van der Waals surface area contributed by atoms with E-state index in [0.29, 0.717) is 0 Å². The molecule has 0 aromatic carbocycles. The van der Waals surface area contributed by atoms with E-state index in [1.807, 2.05) is 0 Å². The van der Waals surface area contributed by atoms with E-state index in [1.54, 1.807) is 0 Å². The predicted molar refractivity (Wildman–Crippen MR) is 88.4 cm³/mol. The molecule has 0 spiro atoms. The second-order valence-electron chi connectivity index (χ2n) is 6.31. The molecular formula is C17H36OSi. The minimum Gasteiger partial charge on any atom is -0.420 e. The minimum absolute atomic E-state index is 0.708. The molecule has 114 valence electrons. The summed E-state index contributed by atoms with van der Waals surface area (Å²) < 4.78 is 5.91. The van der Waals surface area contributed by atoms with Crippen LogP contribution in [0.15, 0.2) is 0 Å². The Morgan fingerprint density at radius 3 is 1.84 bits per heavy atom. The first-order chi connectivity index (χ1) is 9.43. The molecule has 0 aromatic rings. The fraction of sp³-hybridized carbons (Fsp3) is 1.00. The number of unbranched alkanes of at least 4 members (excludes halogenated alkanes) is 10. The lowest BCUT2D eigenvalue weighted by molar-refractivity contribution is 0.285. The lowest BCUT2D eigenvalue weighted by Gasteiger charge is -2.20. The summed E-state index contributed by atoms with van der Waals surface area (Å²) in [5.74, 6) is 0. The van der Waals surface area contributed by atoms with Crippen LogP contribution in [0, 0.1) is 0 Å². The Kier molecular flexibility index (Phi) is 11.9. The SMILES string of the molecule is CCCCCCCCCCCCC[SiH]1CCCCO1. The standard InChI is InChI=1S/C17H36OSi/c1-2-3-4-5-6-7-8-9-10-11-13-16-19-17-14-12-15-18-19/h19H,2-17H2,1H3. The van der Waals surface area contributed by atoms with Gasteiger partial charge in [-0.2, -0.15) is 0 Å². The summed E-state index contributed by atoms with van der Waals surface area (Å²) in [4.78, 5) is 0. The molecule has 1 unspecified atom stereocenters. The van der Waals surface area contributed by atoms with Crippen LogP contribution < -0.4 is 0 Å². The van der Waals surface area contributed by atoms with Crippen molar-refractivity contribution in [1.29, 1.82) is 0 Å². The van der Waals surface area contributed by atoms with Crippen LogP contribution in [0.3, 0.4) is 0 Å². The van der Waals surface area contributed by atoms with Crippen molar-refractivity contribution in [3.8, 4) is 0 Å². The van der Waals surface area contributed by atoms with Crippen LogP contribution in [0.2, 0.25) is 12.1 Å². The number of hydrogen-bond acceptors (Lipinski definition) is 1. The fourth-order valence-corrected chi connectivity index (χ4v) is 5.68. The smallest absolute Gasteiger partial charge is 0.176 e. The average molecular weight is 285 g/mol. The molecule has 1 aliphatic rings. The van der Waals surface area contributed by atoms with E-state index < -0.39 is 9.04 Å². The van der Waals surface area contributed by atoms with Gasteiger partial charge in [-0.3, -0.25) is 0 Å². The van der Waals surface area contributed by atoms with Crippen molar-refractivity contribution in [3.05, 3.63) is 0 Å². The summed E-state index contributed by atoms with van der Waals surface area (Å²) >= 11 is 0. The molecule has 0 amide bonds. The van der Waals surface area contributed by atoms with Crippen molar-refractivity contribution >= 4 is 9.04 Å². The lowest BCUT2D eigenvalue weighted by atomic mass is 10.1. The highest BCUT2D eigenvalue weighted by Gasteiger charge is 2.14. The van der Waals surface area contributed by atoms with E-state index in [-0.39, 0.29) is 0 Å². The average Bonchev–Trinajstić information content (AvgIpc) is 2.46. The van der Waals surface area contributed by atoms with Gasteiger partial charge in [0, 0.05) is 6.61 Å². The summed E-state index contributed by atoms with van der Waals surface area (Å²) in [6, 6.07) is 2.91. The first-order valence-corrected chi connectivity index (χ1v) is 11.2. The molecule has 1 nitrogen and oxygen atoms in total. The fourth-order valence-electron chi connectivity index (χ4n) is 3.07. The first-order valence-electron chi connectivity index (χ1n) is 9.05. The van der Waals surface area contributed by atoms with Crippen LogP contribution in [-0.2, 0) is 4.43 Å². The molecule has 1 aliphatic heterocycles. The third kappa shape index (κ3) is 10.6. The van der Waals surface area contributed by atoms with Crippen molar-refractivity contribution < 1.29 is 4.43 Å². The molecule has 0 bridgehead atoms. The zero-order valence-corrected chi connectivity index (χ0v) is 14.5. The van der Waals surface area contributed by atoms with Crippen LogP contribution in [0.4, 0.5) is 0 Å². The third-order valence-electron chi connectivity index (χ3n) is 4.40. The van der Waals surface area contributed by atoms with E-state index in [9.17, 15) is 0 Å². The van der Waals surface area contributed by atoms with Crippen molar-refractivity contribution in [2.24, 2.45) is 0 Å². The van der Waals surface area contributed by atoms with Crippen molar-refractivity contribution in [2.75, 3.05) is 6.61 Å². The van der Waals surface area contributed by atoms with Gasteiger partial charge in [-0.1, -0.05) is 84.0 Å². The van der Waals surface area contributed by atoms with E-state index in [0.717, 1.165) is 6.61 Å². The van der Waals surface area contributed by atoms with E-state index in [2.05, 4.69) is 6.92 Å². The highest BCUT2D eigenvalue weighted by Crippen LogP contribution is 2.18. The molecule has 0 saturated carbocycles. The Bertz CT molecular complexity index is 178.